The lowest BCUT2D eigenvalue weighted by molar-refractivity contribution is 0.668. The number of thioether (sulfide) groups is 1. The Bertz CT molecular complexity index is 344. The Hall–Kier alpha value is -0.740. The maximum Gasteiger partial charge on any atom is 0.0442 e. The van der Waals surface area contributed by atoms with Gasteiger partial charge in [0.05, 0.1) is 0 Å². The minimum Gasteiger partial charge on any atom is -0.371 e. The molecule has 1 rings (SSSR count). The van der Waals surface area contributed by atoms with Crippen LogP contribution in [0.3, 0.4) is 0 Å². The maximum atomic E-state index is 4.24. The number of nitrogens with one attached hydrogen (secondary N) is 1. The molecule has 1 atom stereocenters. The molecule has 0 saturated carbocycles. The van der Waals surface area contributed by atoms with Crippen LogP contribution in [0.15, 0.2) is 18.5 Å². The van der Waals surface area contributed by atoms with E-state index in [1.54, 1.807) is 0 Å². The largest absolute Gasteiger partial charge is 0.371 e. The molecule has 0 aliphatic rings. The fourth-order valence-electron chi connectivity index (χ4n) is 1.89. The lowest BCUT2D eigenvalue weighted by Gasteiger charge is -2.28. The van der Waals surface area contributed by atoms with Crippen LogP contribution in [0.2, 0.25) is 0 Å². The molecule has 102 valence electrons. The van der Waals surface area contributed by atoms with E-state index in [0.717, 1.165) is 25.3 Å². The smallest absolute Gasteiger partial charge is 0.0442 e. The van der Waals surface area contributed by atoms with E-state index in [1.165, 1.54) is 11.3 Å². The normalized spacial score (nSPS) is 12.4. The van der Waals surface area contributed by atoms with Crippen molar-refractivity contribution in [3.05, 3.63) is 24.0 Å². The van der Waals surface area contributed by atoms with Gasteiger partial charge in [-0.2, -0.15) is 11.8 Å². The molecule has 0 amide bonds. The maximum absolute atomic E-state index is 4.24. The second kappa shape index (κ2) is 8.38. The van der Waals surface area contributed by atoms with Gasteiger partial charge in [-0.05, 0) is 32.2 Å². The second-order valence-electron chi connectivity index (χ2n) is 4.60. The van der Waals surface area contributed by atoms with E-state index in [9.17, 15) is 0 Å². The fraction of sp³-hybridized carbons (Fsp3) is 0.643. The van der Waals surface area contributed by atoms with Crippen molar-refractivity contribution in [1.82, 2.24) is 10.3 Å². The highest BCUT2D eigenvalue weighted by atomic mass is 32.2. The van der Waals surface area contributed by atoms with Crippen LogP contribution in [0.5, 0.6) is 0 Å². The van der Waals surface area contributed by atoms with Crippen molar-refractivity contribution in [2.24, 2.45) is 0 Å². The minimum atomic E-state index is 0.535. The van der Waals surface area contributed by atoms with E-state index >= 15 is 0 Å². The molecule has 1 heterocycles. The van der Waals surface area contributed by atoms with E-state index in [4.69, 9.17) is 0 Å². The van der Waals surface area contributed by atoms with Gasteiger partial charge in [-0.25, -0.2) is 0 Å². The highest BCUT2D eigenvalue weighted by Crippen LogP contribution is 2.21. The van der Waals surface area contributed by atoms with Crippen LogP contribution >= 0.6 is 11.8 Å². The number of hydrogen-bond acceptors (Lipinski definition) is 4. The molecule has 0 spiro atoms. The molecule has 1 N–H and O–H groups in total. The van der Waals surface area contributed by atoms with Gasteiger partial charge in [-0.3, -0.25) is 4.98 Å². The van der Waals surface area contributed by atoms with E-state index in [-0.39, 0.29) is 0 Å². The first kappa shape index (κ1) is 15.3. The van der Waals surface area contributed by atoms with Gasteiger partial charge >= 0.3 is 0 Å². The third-order valence-corrected chi connectivity index (χ3v) is 3.88. The van der Waals surface area contributed by atoms with Crippen molar-refractivity contribution in [2.75, 3.05) is 30.5 Å². The third kappa shape index (κ3) is 4.50. The summed E-state index contributed by atoms with van der Waals surface area (Å²) in [5.74, 6) is 1.14. The topological polar surface area (TPSA) is 28.2 Å². The average molecular weight is 267 g/mol. The summed E-state index contributed by atoms with van der Waals surface area (Å²) < 4.78 is 0. The third-order valence-electron chi connectivity index (χ3n) is 3.07. The molecule has 0 saturated heterocycles. The molecule has 0 aliphatic carbocycles. The van der Waals surface area contributed by atoms with Crippen LogP contribution in [-0.4, -0.2) is 36.6 Å². The van der Waals surface area contributed by atoms with Crippen molar-refractivity contribution in [2.45, 2.75) is 32.9 Å². The molecule has 1 aromatic rings. The Labute approximate surface area is 115 Å². The summed E-state index contributed by atoms with van der Waals surface area (Å²) in [6, 6.07) is 2.65. The van der Waals surface area contributed by atoms with Gasteiger partial charge in [0.15, 0.2) is 0 Å². The Kier molecular flexibility index (Phi) is 7.13. The summed E-state index contributed by atoms with van der Waals surface area (Å²) >= 11 is 1.89. The monoisotopic (exact) mass is 267 g/mol. The predicted molar refractivity (Wildman–Crippen MR) is 82.5 cm³/mol. The van der Waals surface area contributed by atoms with Gasteiger partial charge < -0.3 is 10.2 Å². The molecule has 0 bridgehead atoms. The zero-order valence-electron chi connectivity index (χ0n) is 11.9. The summed E-state index contributed by atoms with van der Waals surface area (Å²) in [5, 5.41) is 3.45. The number of aromatic nitrogens is 1. The van der Waals surface area contributed by atoms with E-state index < -0.39 is 0 Å². The van der Waals surface area contributed by atoms with Crippen LogP contribution in [0.1, 0.15) is 25.8 Å². The molecule has 1 unspecified atom stereocenters. The van der Waals surface area contributed by atoms with Gasteiger partial charge in [-0.1, -0.05) is 6.92 Å². The first-order valence-corrected chi connectivity index (χ1v) is 7.95. The van der Waals surface area contributed by atoms with Gasteiger partial charge in [0.1, 0.15) is 0 Å². The van der Waals surface area contributed by atoms with Crippen LogP contribution in [0, 0.1) is 0 Å². The lowest BCUT2D eigenvalue weighted by Crippen LogP contribution is -2.32. The predicted octanol–water partition coefficient (Wildman–Crippen LogP) is 2.77. The van der Waals surface area contributed by atoms with Crippen molar-refractivity contribution < 1.29 is 0 Å². The number of anilines is 1. The van der Waals surface area contributed by atoms with Gasteiger partial charge in [0.2, 0.25) is 0 Å². The molecule has 0 fully saturated rings. The highest BCUT2D eigenvalue weighted by Gasteiger charge is 2.12. The number of pyridine rings is 1. The quantitative estimate of drug-likeness (QED) is 0.733. The summed E-state index contributed by atoms with van der Waals surface area (Å²) in [4.78, 5) is 6.59. The fourth-order valence-corrected chi connectivity index (χ4v) is 2.60. The Balaban J connectivity index is 2.73. The molecule has 3 nitrogen and oxygen atoms in total. The Morgan fingerprint density at radius 1 is 1.50 bits per heavy atom. The average Bonchev–Trinajstić information content (AvgIpc) is 2.39. The Morgan fingerprint density at radius 3 is 2.94 bits per heavy atom. The zero-order chi connectivity index (χ0) is 13.4. The van der Waals surface area contributed by atoms with Crippen LogP contribution < -0.4 is 10.2 Å². The van der Waals surface area contributed by atoms with Crippen molar-refractivity contribution >= 4 is 17.4 Å². The molecule has 18 heavy (non-hydrogen) atoms. The van der Waals surface area contributed by atoms with Crippen LogP contribution in [-0.2, 0) is 6.54 Å². The summed E-state index contributed by atoms with van der Waals surface area (Å²) in [6.07, 6.45) is 7.16. The first-order valence-electron chi connectivity index (χ1n) is 6.56. The number of rotatable bonds is 8. The molecule has 0 radical (unpaired) electrons. The van der Waals surface area contributed by atoms with E-state index in [1.807, 2.05) is 24.2 Å². The van der Waals surface area contributed by atoms with Gasteiger partial charge in [0.25, 0.3) is 0 Å². The van der Waals surface area contributed by atoms with Crippen LogP contribution in [0.25, 0.3) is 0 Å². The molecule has 1 aromatic heterocycles. The van der Waals surface area contributed by atoms with Crippen LogP contribution in [0.4, 0.5) is 5.69 Å². The summed E-state index contributed by atoms with van der Waals surface area (Å²) in [6.45, 7) is 6.40. The van der Waals surface area contributed by atoms with Gasteiger partial charge in [0, 0.05) is 49.0 Å². The molecule has 0 aromatic carbocycles. The van der Waals surface area contributed by atoms with Crippen molar-refractivity contribution in [3.63, 3.8) is 0 Å². The van der Waals surface area contributed by atoms with E-state index in [0.29, 0.717) is 6.04 Å². The van der Waals surface area contributed by atoms with Gasteiger partial charge in [-0.15, -0.1) is 0 Å². The molecular weight excluding hydrogens is 242 g/mol. The molecule has 4 heteroatoms. The SMILES string of the molecule is CCCNCc1cnccc1N(C)C(C)CSC. The minimum absolute atomic E-state index is 0.535. The zero-order valence-corrected chi connectivity index (χ0v) is 12.8. The summed E-state index contributed by atoms with van der Waals surface area (Å²) in [7, 11) is 2.17. The highest BCUT2D eigenvalue weighted by molar-refractivity contribution is 7.98. The summed E-state index contributed by atoms with van der Waals surface area (Å²) in [5.41, 5.74) is 2.57. The number of nitrogens with zero attached hydrogens (tertiary/aromatic N) is 2. The molecular formula is C14H25N3S. The standard InChI is InChI=1S/C14H25N3S/c1-5-7-15-9-13-10-16-8-6-14(13)17(3)12(2)11-18-4/h6,8,10,12,15H,5,7,9,11H2,1-4H3. The molecule has 0 aliphatic heterocycles. The lowest BCUT2D eigenvalue weighted by atomic mass is 10.2. The van der Waals surface area contributed by atoms with E-state index in [2.05, 4.69) is 48.4 Å². The number of hydrogen-bond donors (Lipinski definition) is 1. The van der Waals surface area contributed by atoms with Crippen molar-refractivity contribution in [3.8, 4) is 0 Å². The van der Waals surface area contributed by atoms with Crippen molar-refractivity contribution in [1.29, 1.82) is 0 Å². The Morgan fingerprint density at radius 2 is 2.28 bits per heavy atom. The first-order chi connectivity index (χ1) is 8.70. The second-order valence-corrected chi connectivity index (χ2v) is 5.51.